The van der Waals surface area contributed by atoms with E-state index in [1.807, 2.05) is 54.6 Å². The van der Waals surface area contributed by atoms with E-state index >= 15 is 0 Å². The second-order valence-corrected chi connectivity index (χ2v) is 5.58. The van der Waals surface area contributed by atoms with E-state index in [0.29, 0.717) is 12.3 Å². The summed E-state index contributed by atoms with van der Waals surface area (Å²) in [6.45, 7) is 0.504. The fraction of sp³-hybridized carbons (Fsp3) is 0.0476. The van der Waals surface area contributed by atoms with Crippen LogP contribution in [0.1, 0.15) is 21.5 Å². The van der Waals surface area contributed by atoms with E-state index in [-0.39, 0.29) is 5.56 Å². The molecule has 0 spiro atoms. The maximum Gasteiger partial charge on any atom is 0.120 e. The molecule has 0 bridgehead atoms. The molecule has 3 aromatic carbocycles. The molecular formula is C21H17N2O3-. The van der Waals surface area contributed by atoms with Gasteiger partial charge in [0, 0.05) is 0 Å². The number of rotatable bonds is 7. The molecule has 0 aliphatic heterocycles. The highest BCUT2D eigenvalue weighted by molar-refractivity contribution is 5.86. The quantitative estimate of drug-likeness (QED) is 0.527. The first-order valence-electron chi connectivity index (χ1n) is 8.08. The van der Waals surface area contributed by atoms with Gasteiger partial charge in [0.05, 0.1) is 17.9 Å². The molecular weight excluding hydrogens is 328 g/mol. The van der Waals surface area contributed by atoms with Gasteiger partial charge in [0.25, 0.3) is 0 Å². The summed E-state index contributed by atoms with van der Waals surface area (Å²) < 4.78 is 5.79. The molecule has 0 fully saturated rings. The van der Waals surface area contributed by atoms with Gasteiger partial charge in [-0.3, -0.25) is 5.43 Å². The molecule has 0 radical (unpaired) electrons. The number of carbonyl (C=O) groups excluding carboxylic acids is 1. The number of aromatic carboxylic acids is 1. The maximum absolute atomic E-state index is 10.7. The minimum absolute atomic E-state index is 0.128. The van der Waals surface area contributed by atoms with Gasteiger partial charge < -0.3 is 14.6 Å². The van der Waals surface area contributed by atoms with Crippen LogP contribution < -0.4 is 15.3 Å². The average molecular weight is 345 g/mol. The van der Waals surface area contributed by atoms with Gasteiger partial charge in [0.15, 0.2) is 0 Å². The van der Waals surface area contributed by atoms with E-state index in [2.05, 4.69) is 10.5 Å². The molecule has 0 saturated carbocycles. The number of nitrogens with one attached hydrogen (secondary N) is 1. The lowest BCUT2D eigenvalue weighted by molar-refractivity contribution is -0.255. The van der Waals surface area contributed by atoms with Crippen molar-refractivity contribution >= 4 is 17.9 Å². The number of carboxylic acids is 1. The molecule has 26 heavy (non-hydrogen) atoms. The van der Waals surface area contributed by atoms with Crippen LogP contribution in [0, 0.1) is 0 Å². The summed E-state index contributed by atoms with van der Waals surface area (Å²) in [6, 6.07) is 23.7. The predicted molar refractivity (Wildman–Crippen MR) is 99.2 cm³/mol. The number of carboxylic acid groups (broad SMARTS) is 1. The molecule has 3 aromatic rings. The van der Waals surface area contributed by atoms with Crippen molar-refractivity contribution in [2.24, 2.45) is 5.10 Å². The van der Waals surface area contributed by atoms with Gasteiger partial charge in [0.2, 0.25) is 0 Å². The molecule has 0 aliphatic rings. The first kappa shape index (κ1) is 17.2. The number of benzene rings is 3. The number of hydrazone groups is 1. The molecule has 1 N–H and O–H groups in total. The van der Waals surface area contributed by atoms with Gasteiger partial charge in [0.1, 0.15) is 12.4 Å². The Morgan fingerprint density at radius 2 is 1.77 bits per heavy atom. The monoisotopic (exact) mass is 345 g/mol. The lowest BCUT2D eigenvalue weighted by Gasteiger charge is -2.07. The van der Waals surface area contributed by atoms with Crippen LogP contribution in [-0.4, -0.2) is 12.2 Å². The molecule has 0 aromatic heterocycles. The van der Waals surface area contributed by atoms with Gasteiger partial charge in [-0.2, -0.15) is 5.10 Å². The highest BCUT2D eigenvalue weighted by Gasteiger charge is 1.97. The number of hydrogen-bond acceptors (Lipinski definition) is 5. The molecule has 0 amide bonds. The zero-order valence-electron chi connectivity index (χ0n) is 14.0. The van der Waals surface area contributed by atoms with Crippen molar-refractivity contribution in [2.75, 3.05) is 5.43 Å². The van der Waals surface area contributed by atoms with Crippen molar-refractivity contribution in [3.05, 3.63) is 95.6 Å². The van der Waals surface area contributed by atoms with E-state index < -0.39 is 5.97 Å². The smallest absolute Gasteiger partial charge is 0.120 e. The Labute approximate surface area is 151 Å². The van der Waals surface area contributed by atoms with E-state index in [4.69, 9.17) is 4.74 Å². The maximum atomic E-state index is 10.7. The zero-order chi connectivity index (χ0) is 18.2. The van der Waals surface area contributed by atoms with E-state index in [1.165, 1.54) is 12.1 Å². The van der Waals surface area contributed by atoms with Crippen LogP contribution in [0.2, 0.25) is 0 Å². The van der Waals surface area contributed by atoms with Gasteiger partial charge in [-0.1, -0.05) is 54.6 Å². The third kappa shape index (κ3) is 4.95. The van der Waals surface area contributed by atoms with Crippen molar-refractivity contribution in [3.8, 4) is 5.75 Å². The van der Waals surface area contributed by atoms with Crippen LogP contribution in [0.4, 0.5) is 5.69 Å². The summed E-state index contributed by atoms with van der Waals surface area (Å²) in [7, 11) is 0. The Morgan fingerprint density at radius 1 is 1.00 bits per heavy atom. The normalized spacial score (nSPS) is 10.6. The highest BCUT2D eigenvalue weighted by Crippen LogP contribution is 2.14. The van der Waals surface area contributed by atoms with Gasteiger partial charge >= 0.3 is 0 Å². The fourth-order valence-electron chi connectivity index (χ4n) is 2.29. The molecule has 5 nitrogen and oxygen atoms in total. The predicted octanol–water partition coefficient (Wildman–Crippen LogP) is 3.08. The second-order valence-electron chi connectivity index (χ2n) is 5.58. The second kappa shape index (κ2) is 8.48. The van der Waals surface area contributed by atoms with Crippen LogP contribution in [0.3, 0.4) is 0 Å². The van der Waals surface area contributed by atoms with Crippen molar-refractivity contribution in [3.63, 3.8) is 0 Å². The molecule has 5 heteroatoms. The summed E-state index contributed by atoms with van der Waals surface area (Å²) in [5.74, 6) is -0.441. The van der Waals surface area contributed by atoms with Crippen molar-refractivity contribution in [1.82, 2.24) is 0 Å². The molecule has 0 aliphatic carbocycles. The Morgan fingerprint density at radius 3 is 2.50 bits per heavy atom. The molecule has 0 atom stereocenters. The Bertz CT molecular complexity index is 891. The Kier molecular flexibility index (Phi) is 5.62. The largest absolute Gasteiger partial charge is 0.545 e. The van der Waals surface area contributed by atoms with Crippen LogP contribution >= 0.6 is 0 Å². The van der Waals surface area contributed by atoms with E-state index in [1.54, 1.807) is 18.3 Å². The standard InChI is InChI=1S/C21H18N2O3/c24-21(25)18-9-11-19(12-10-18)23-22-14-17-7-4-8-20(13-17)26-15-16-5-2-1-3-6-16/h1-14,23H,15H2,(H,24,25)/p-1/b22-14-. The first-order valence-corrected chi connectivity index (χ1v) is 8.08. The summed E-state index contributed by atoms with van der Waals surface area (Å²) >= 11 is 0. The van der Waals surface area contributed by atoms with Crippen molar-refractivity contribution < 1.29 is 14.6 Å². The summed E-state index contributed by atoms with van der Waals surface area (Å²) in [5, 5.41) is 14.9. The molecule has 0 unspecified atom stereocenters. The number of nitrogens with zero attached hydrogens (tertiary/aromatic N) is 1. The van der Waals surface area contributed by atoms with Crippen LogP contribution in [0.25, 0.3) is 0 Å². The summed E-state index contributed by atoms with van der Waals surface area (Å²) in [6.07, 6.45) is 1.67. The lowest BCUT2D eigenvalue weighted by Crippen LogP contribution is -2.21. The minimum Gasteiger partial charge on any atom is -0.545 e. The van der Waals surface area contributed by atoms with E-state index in [0.717, 1.165) is 16.9 Å². The molecule has 3 rings (SSSR count). The third-order valence-electron chi connectivity index (χ3n) is 3.63. The van der Waals surface area contributed by atoms with Crippen molar-refractivity contribution in [1.29, 1.82) is 0 Å². The summed E-state index contributed by atoms with van der Waals surface area (Å²) in [4.78, 5) is 10.7. The van der Waals surface area contributed by atoms with Crippen molar-refractivity contribution in [2.45, 2.75) is 6.61 Å². The summed E-state index contributed by atoms with van der Waals surface area (Å²) in [5.41, 5.74) is 5.65. The average Bonchev–Trinajstić information content (AvgIpc) is 2.68. The minimum atomic E-state index is -1.20. The Balaban J connectivity index is 1.57. The molecule has 0 saturated heterocycles. The van der Waals surface area contributed by atoms with Gasteiger partial charge in [-0.05, 0) is 41.0 Å². The molecule has 0 heterocycles. The number of anilines is 1. The van der Waals surface area contributed by atoms with Crippen LogP contribution in [0.15, 0.2) is 84.0 Å². The van der Waals surface area contributed by atoms with Gasteiger partial charge in [-0.25, -0.2) is 0 Å². The third-order valence-corrected chi connectivity index (χ3v) is 3.63. The topological polar surface area (TPSA) is 73.8 Å². The zero-order valence-corrected chi connectivity index (χ0v) is 14.0. The lowest BCUT2D eigenvalue weighted by atomic mass is 10.2. The number of hydrogen-bond donors (Lipinski definition) is 1. The first-order chi connectivity index (χ1) is 12.7. The van der Waals surface area contributed by atoms with E-state index in [9.17, 15) is 9.90 Å². The van der Waals surface area contributed by atoms with Crippen LogP contribution in [0.5, 0.6) is 5.75 Å². The Hall–Kier alpha value is -3.60. The number of ether oxygens (including phenoxy) is 1. The number of carbonyl (C=O) groups is 1. The molecule has 130 valence electrons. The highest BCUT2D eigenvalue weighted by atomic mass is 16.5. The van der Waals surface area contributed by atoms with Crippen LogP contribution in [-0.2, 0) is 6.61 Å². The fourth-order valence-corrected chi connectivity index (χ4v) is 2.29. The SMILES string of the molecule is O=C([O-])c1ccc(N/N=C\c2cccc(OCc3ccccc3)c2)cc1. The van der Waals surface area contributed by atoms with Gasteiger partial charge in [-0.15, -0.1) is 0 Å².